The maximum Gasteiger partial charge on any atom is 0.294 e. The van der Waals surface area contributed by atoms with E-state index in [0.29, 0.717) is 12.2 Å². The summed E-state index contributed by atoms with van der Waals surface area (Å²) in [4.78, 5) is 0. The molecule has 3 nitrogen and oxygen atoms in total. The van der Waals surface area contributed by atoms with Crippen molar-refractivity contribution in [1.82, 2.24) is 5.32 Å². The zero-order valence-electron chi connectivity index (χ0n) is 6.68. The molecule has 0 saturated carbocycles. The van der Waals surface area contributed by atoms with Gasteiger partial charge in [-0.15, -0.1) is 0 Å². The molecule has 10 heavy (non-hydrogen) atoms. The molecule has 0 fully saturated rings. The first-order valence-corrected chi connectivity index (χ1v) is 3.45. The Bertz CT molecular complexity index is 126. The molecular weight excluding hydrogens is 130 g/mol. The van der Waals surface area contributed by atoms with Crippen molar-refractivity contribution < 1.29 is 10.2 Å². The predicted octanol–water partition coefficient (Wildman–Crippen LogP) is 1.54. The summed E-state index contributed by atoms with van der Waals surface area (Å²) in [6.07, 6.45) is 0. The van der Waals surface area contributed by atoms with Gasteiger partial charge in [0, 0.05) is 12.5 Å². The SMILES string of the molecule is CCNC(=C(O)O)C(C)C. The van der Waals surface area contributed by atoms with E-state index in [0.717, 1.165) is 0 Å². The Morgan fingerprint density at radius 1 is 1.40 bits per heavy atom. The monoisotopic (exact) mass is 145 g/mol. The van der Waals surface area contributed by atoms with Gasteiger partial charge in [0.1, 0.15) is 0 Å². The Morgan fingerprint density at radius 3 is 2.00 bits per heavy atom. The summed E-state index contributed by atoms with van der Waals surface area (Å²) < 4.78 is 0. The Balaban J connectivity index is 4.13. The van der Waals surface area contributed by atoms with Crippen LogP contribution in [0.4, 0.5) is 0 Å². The third-order valence-corrected chi connectivity index (χ3v) is 1.19. The lowest BCUT2D eigenvalue weighted by molar-refractivity contribution is 0.176. The van der Waals surface area contributed by atoms with E-state index >= 15 is 0 Å². The molecule has 60 valence electrons. The number of allylic oxidation sites excluding steroid dienone is 1. The zero-order valence-corrected chi connectivity index (χ0v) is 6.68. The lowest BCUT2D eigenvalue weighted by atomic mass is 10.1. The minimum Gasteiger partial charge on any atom is -0.480 e. The molecule has 0 aromatic heterocycles. The van der Waals surface area contributed by atoms with Gasteiger partial charge in [-0.2, -0.15) is 0 Å². The van der Waals surface area contributed by atoms with Crippen molar-refractivity contribution in [1.29, 1.82) is 0 Å². The number of rotatable bonds is 3. The van der Waals surface area contributed by atoms with Crippen LogP contribution >= 0.6 is 0 Å². The van der Waals surface area contributed by atoms with Crippen molar-refractivity contribution in [3.63, 3.8) is 0 Å². The van der Waals surface area contributed by atoms with Crippen LogP contribution in [0.3, 0.4) is 0 Å². The topological polar surface area (TPSA) is 52.5 Å². The van der Waals surface area contributed by atoms with Crippen molar-refractivity contribution >= 4 is 0 Å². The van der Waals surface area contributed by atoms with Crippen molar-refractivity contribution in [3.8, 4) is 0 Å². The lowest BCUT2D eigenvalue weighted by Gasteiger charge is -2.11. The largest absolute Gasteiger partial charge is 0.480 e. The first kappa shape index (κ1) is 9.14. The van der Waals surface area contributed by atoms with E-state index in [9.17, 15) is 0 Å². The molecule has 3 heteroatoms. The summed E-state index contributed by atoms with van der Waals surface area (Å²) in [6.45, 7) is 6.40. The number of nitrogens with one attached hydrogen (secondary N) is 1. The molecule has 0 aromatic rings. The highest BCUT2D eigenvalue weighted by Crippen LogP contribution is 2.07. The van der Waals surface area contributed by atoms with Gasteiger partial charge in [0.05, 0.1) is 5.70 Å². The van der Waals surface area contributed by atoms with Crippen molar-refractivity contribution in [2.24, 2.45) is 5.92 Å². The first-order chi connectivity index (χ1) is 4.59. The van der Waals surface area contributed by atoms with Crippen LogP contribution in [0.1, 0.15) is 20.8 Å². The van der Waals surface area contributed by atoms with E-state index < -0.39 is 5.95 Å². The lowest BCUT2D eigenvalue weighted by Crippen LogP contribution is -2.19. The predicted molar refractivity (Wildman–Crippen MR) is 40.8 cm³/mol. The van der Waals surface area contributed by atoms with E-state index in [4.69, 9.17) is 10.2 Å². The average Bonchev–Trinajstić information content (AvgIpc) is 1.81. The van der Waals surface area contributed by atoms with Crippen LogP contribution < -0.4 is 5.32 Å². The second-order valence-corrected chi connectivity index (χ2v) is 2.42. The smallest absolute Gasteiger partial charge is 0.294 e. The maximum absolute atomic E-state index is 8.69. The number of aliphatic hydroxyl groups excluding tert-OH is 1. The van der Waals surface area contributed by atoms with Crippen LogP contribution in [-0.2, 0) is 0 Å². The number of hydrogen-bond acceptors (Lipinski definition) is 3. The van der Waals surface area contributed by atoms with Crippen LogP contribution in [0.2, 0.25) is 0 Å². The Kier molecular flexibility index (Phi) is 3.69. The van der Waals surface area contributed by atoms with Gasteiger partial charge in [0.15, 0.2) is 0 Å². The van der Waals surface area contributed by atoms with E-state index in [1.165, 1.54) is 0 Å². The Hall–Kier alpha value is -0.860. The first-order valence-electron chi connectivity index (χ1n) is 3.45. The highest BCUT2D eigenvalue weighted by Gasteiger charge is 2.06. The molecule has 0 spiro atoms. The Morgan fingerprint density at radius 2 is 1.90 bits per heavy atom. The van der Waals surface area contributed by atoms with Gasteiger partial charge in [-0.1, -0.05) is 13.8 Å². The molecule has 0 atom stereocenters. The van der Waals surface area contributed by atoms with E-state index in [1.807, 2.05) is 20.8 Å². The van der Waals surface area contributed by atoms with Crippen molar-refractivity contribution in [2.75, 3.05) is 6.54 Å². The summed E-state index contributed by atoms with van der Waals surface area (Å²) in [6, 6.07) is 0. The third-order valence-electron chi connectivity index (χ3n) is 1.19. The van der Waals surface area contributed by atoms with Crippen molar-refractivity contribution in [3.05, 3.63) is 11.6 Å². The van der Waals surface area contributed by atoms with Crippen LogP contribution in [0, 0.1) is 5.92 Å². The van der Waals surface area contributed by atoms with Gasteiger partial charge in [0.25, 0.3) is 5.95 Å². The van der Waals surface area contributed by atoms with Crippen LogP contribution in [0.5, 0.6) is 0 Å². The Labute approximate surface area is 61.4 Å². The quantitative estimate of drug-likeness (QED) is 0.528. The highest BCUT2D eigenvalue weighted by molar-refractivity contribution is 5.01. The molecule has 0 aliphatic carbocycles. The standard InChI is InChI=1S/C7H15NO2/c1-4-8-6(5(2)3)7(9)10/h5,8-10H,4H2,1-3H3. The average molecular weight is 145 g/mol. The van der Waals surface area contributed by atoms with Gasteiger partial charge in [-0.3, -0.25) is 0 Å². The molecule has 0 aromatic carbocycles. The van der Waals surface area contributed by atoms with Gasteiger partial charge < -0.3 is 15.5 Å². The maximum atomic E-state index is 8.69. The summed E-state index contributed by atoms with van der Waals surface area (Å²) in [5, 5.41) is 20.2. The molecule has 3 N–H and O–H groups in total. The molecule has 0 bridgehead atoms. The normalized spacial score (nSPS) is 9.60. The van der Waals surface area contributed by atoms with Gasteiger partial charge in [0.2, 0.25) is 0 Å². The van der Waals surface area contributed by atoms with Gasteiger partial charge in [-0.05, 0) is 6.92 Å². The summed E-state index contributed by atoms with van der Waals surface area (Å²) in [5.74, 6) is -0.471. The second-order valence-electron chi connectivity index (χ2n) is 2.42. The van der Waals surface area contributed by atoms with E-state index in [-0.39, 0.29) is 5.92 Å². The molecule has 0 amide bonds. The summed E-state index contributed by atoms with van der Waals surface area (Å²) >= 11 is 0. The fraction of sp³-hybridized carbons (Fsp3) is 0.714. The molecule has 0 unspecified atom stereocenters. The highest BCUT2D eigenvalue weighted by atomic mass is 16.5. The minimum atomic E-state index is -0.600. The zero-order chi connectivity index (χ0) is 8.15. The fourth-order valence-corrected chi connectivity index (χ4v) is 0.732. The molecule has 0 aliphatic rings. The third kappa shape index (κ3) is 2.62. The minimum absolute atomic E-state index is 0.130. The second kappa shape index (κ2) is 4.04. The number of aliphatic hydroxyl groups is 2. The van der Waals surface area contributed by atoms with Crippen LogP contribution in [0.15, 0.2) is 11.6 Å². The molecule has 0 heterocycles. The van der Waals surface area contributed by atoms with E-state index in [1.54, 1.807) is 0 Å². The fourth-order valence-electron chi connectivity index (χ4n) is 0.732. The van der Waals surface area contributed by atoms with Gasteiger partial charge >= 0.3 is 0 Å². The summed E-state index contributed by atoms with van der Waals surface area (Å²) in [5.41, 5.74) is 0.502. The molecule has 0 radical (unpaired) electrons. The number of hydrogen-bond donors (Lipinski definition) is 3. The van der Waals surface area contributed by atoms with Crippen molar-refractivity contribution in [2.45, 2.75) is 20.8 Å². The van der Waals surface area contributed by atoms with Gasteiger partial charge in [-0.25, -0.2) is 0 Å². The van der Waals surface area contributed by atoms with Crippen LogP contribution in [0.25, 0.3) is 0 Å². The van der Waals surface area contributed by atoms with E-state index in [2.05, 4.69) is 5.32 Å². The molecule has 0 rings (SSSR count). The molecule has 0 aliphatic heterocycles. The molecular formula is C7H15NO2. The molecule has 0 saturated heterocycles. The van der Waals surface area contributed by atoms with Crippen LogP contribution in [-0.4, -0.2) is 16.8 Å². The summed E-state index contributed by atoms with van der Waals surface area (Å²) in [7, 11) is 0.